The number of hydrogen-bond acceptors (Lipinski definition) is 9. The molecule has 0 aromatic heterocycles. The molecular formula is C23H29N3O6S2. The highest BCUT2D eigenvalue weighted by molar-refractivity contribution is 8.26. The Hall–Kier alpha value is -2.63. The summed E-state index contributed by atoms with van der Waals surface area (Å²) in [5.41, 5.74) is 3.31. The molecule has 2 aliphatic rings. The number of likely N-dealkylation sites (tertiary alicyclic amines) is 1. The molecule has 11 heteroatoms. The number of benzene rings is 1. The zero-order valence-corrected chi connectivity index (χ0v) is 21.0. The fourth-order valence-corrected chi connectivity index (χ4v) is 4.75. The van der Waals surface area contributed by atoms with Crippen molar-refractivity contribution in [3.63, 3.8) is 0 Å². The van der Waals surface area contributed by atoms with Gasteiger partial charge in [0.15, 0.2) is 22.4 Å². The van der Waals surface area contributed by atoms with E-state index >= 15 is 0 Å². The predicted octanol–water partition coefficient (Wildman–Crippen LogP) is 2.75. The lowest BCUT2D eigenvalue weighted by Gasteiger charge is -2.26. The van der Waals surface area contributed by atoms with Crippen LogP contribution in [0.3, 0.4) is 0 Å². The molecule has 0 unspecified atom stereocenters. The number of thiocarbonyl (C=S) groups is 1. The van der Waals surface area contributed by atoms with Gasteiger partial charge < -0.3 is 19.1 Å². The SMILES string of the molecule is CCOC(=O)COc1ccc(C=C2SC(=S)N(NC(=O)CCN3CCCCC3)C2=O)cc1OC. The minimum Gasteiger partial charge on any atom is -0.493 e. The normalized spacial score (nSPS) is 17.7. The number of nitrogens with zero attached hydrogens (tertiary/aromatic N) is 2. The number of piperidine rings is 1. The minimum absolute atomic E-state index is 0.236. The number of hydrazine groups is 1. The van der Waals surface area contributed by atoms with Crippen LogP contribution in [0, 0.1) is 0 Å². The molecule has 0 aliphatic carbocycles. The summed E-state index contributed by atoms with van der Waals surface area (Å²) in [7, 11) is 1.48. The lowest BCUT2D eigenvalue weighted by molar-refractivity contribution is -0.145. The zero-order valence-electron chi connectivity index (χ0n) is 19.3. The monoisotopic (exact) mass is 507 g/mol. The summed E-state index contributed by atoms with van der Waals surface area (Å²) in [6.45, 7) is 4.44. The van der Waals surface area contributed by atoms with Crippen LogP contribution in [0.2, 0.25) is 0 Å². The Balaban J connectivity index is 1.60. The number of esters is 1. The van der Waals surface area contributed by atoms with Crippen molar-refractivity contribution >= 4 is 52.2 Å². The van der Waals surface area contributed by atoms with E-state index in [-0.39, 0.29) is 29.3 Å². The van der Waals surface area contributed by atoms with Gasteiger partial charge in [-0.25, -0.2) is 4.79 Å². The van der Waals surface area contributed by atoms with E-state index < -0.39 is 5.97 Å². The van der Waals surface area contributed by atoms with E-state index in [4.69, 9.17) is 26.4 Å². The number of rotatable bonds is 10. The number of nitrogens with one attached hydrogen (secondary N) is 1. The first-order valence-electron chi connectivity index (χ1n) is 11.2. The minimum atomic E-state index is -0.477. The van der Waals surface area contributed by atoms with Crippen LogP contribution in [0.4, 0.5) is 0 Å². The molecule has 0 radical (unpaired) electrons. The summed E-state index contributed by atoms with van der Waals surface area (Å²) in [5, 5.41) is 1.12. The summed E-state index contributed by atoms with van der Waals surface area (Å²) in [4.78, 5) is 39.4. The molecule has 1 aromatic rings. The van der Waals surface area contributed by atoms with Crippen LogP contribution in [0.1, 0.15) is 38.2 Å². The van der Waals surface area contributed by atoms with Crippen LogP contribution in [0.25, 0.3) is 6.08 Å². The highest BCUT2D eigenvalue weighted by Gasteiger charge is 2.33. The van der Waals surface area contributed by atoms with E-state index in [1.807, 2.05) is 0 Å². The van der Waals surface area contributed by atoms with Gasteiger partial charge >= 0.3 is 5.97 Å². The van der Waals surface area contributed by atoms with E-state index in [9.17, 15) is 14.4 Å². The number of thioether (sulfide) groups is 1. The van der Waals surface area contributed by atoms with Crippen molar-refractivity contribution in [3.05, 3.63) is 28.7 Å². The van der Waals surface area contributed by atoms with Crippen LogP contribution < -0.4 is 14.9 Å². The van der Waals surface area contributed by atoms with Gasteiger partial charge in [-0.3, -0.25) is 15.0 Å². The van der Waals surface area contributed by atoms with E-state index in [1.54, 1.807) is 31.2 Å². The van der Waals surface area contributed by atoms with Gasteiger partial charge in [-0.1, -0.05) is 24.2 Å². The molecule has 0 bridgehead atoms. The molecule has 9 nitrogen and oxygen atoms in total. The first kappa shape index (κ1) is 26.0. The largest absolute Gasteiger partial charge is 0.493 e. The summed E-state index contributed by atoms with van der Waals surface area (Å²) in [6, 6.07) is 5.06. The van der Waals surface area contributed by atoms with Crippen molar-refractivity contribution in [2.45, 2.75) is 32.6 Å². The lowest BCUT2D eigenvalue weighted by atomic mass is 10.1. The van der Waals surface area contributed by atoms with Gasteiger partial charge in [-0.2, -0.15) is 5.01 Å². The second kappa shape index (κ2) is 12.7. The van der Waals surface area contributed by atoms with Gasteiger partial charge in [0.2, 0.25) is 5.91 Å². The molecule has 0 atom stereocenters. The lowest BCUT2D eigenvalue weighted by Crippen LogP contribution is -2.46. The number of methoxy groups -OCH3 is 1. The molecule has 2 aliphatic heterocycles. The maximum atomic E-state index is 12.8. The van der Waals surface area contributed by atoms with E-state index in [2.05, 4.69) is 10.3 Å². The Bertz CT molecular complexity index is 962. The summed E-state index contributed by atoms with van der Waals surface area (Å²) in [5.74, 6) is -0.327. The first-order valence-corrected chi connectivity index (χ1v) is 12.4. The van der Waals surface area contributed by atoms with Crippen LogP contribution in [0.15, 0.2) is 23.1 Å². The molecule has 34 heavy (non-hydrogen) atoms. The molecular weight excluding hydrogens is 478 g/mol. The van der Waals surface area contributed by atoms with Crippen LogP contribution in [-0.2, 0) is 19.1 Å². The molecule has 1 N–H and O–H groups in total. The van der Waals surface area contributed by atoms with Crippen molar-refractivity contribution in [3.8, 4) is 11.5 Å². The Kier molecular flexibility index (Phi) is 9.73. The molecule has 2 saturated heterocycles. The molecule has 2 fully saturated rings. The Morgan fingerprint density at radius 2 is 1.97 bits per heavy atom. The average Bonchev–Trinajstić information content (AvgIpc) is 3.09. The van der Waals surface area contributed by atoms with Crippen molar-refractivity contribution in [2.75, 3.05) is 40.0 Å². The maximum absolute atomic E-state index is 12.8. The number of carbonyl (C=O) groups is 3. The molecule has 2 amide bonds. The third-order valence-electron chi connectivity index (χ3n) is 5.27. The van der Waals surface area contributed by atoms with Gasteiger partial charge in [0.1, 0.15) is 0 Å². The van der Waals surface area contributed by atoms with E-state index in [1.165, 1.54) is 13.5 Å². The van der Waals surface area contributed by atoms with E-state index in [0.29, 0.717) is 34.9 Å². The number of ether oxygens (including phenoxy) is 3. The number of hydrogen-bond donors (Lipinski definition) is 1. The van der Waals surface area contributed by atoms with Crippen LogP contribution >= 0.6 is 24.0 Å². The summed E-state index contributed by atoms with van der Waals surface area (Å²) < 4.78 is 15.9. The topological polar surface area (TPSA) is 97.4 Å². The number of carbonyl (C=O) groups excluding carboxylic acids is 3. The van der Waals surface area contributed by atoms with Crippen molar-refractivity contribution in [1.82, 2.24) is 15.3 Å². The average molecular weight is 508 g/mol. The molecule has 0 saturated carbocycles. The molecule has 0 spiro atoms. The molecule has 2 heterocycles. The Morgan fingerprint density at radius 3 is 2.68 bits per heavy atom. The Labute approximate surface area is 208 Å². The van der Waals surface area contributed by atoms with Gasteiger partial charge in [0.05, 0.1) is 18.6 Å². The summed E-state index contributed by atoms with van der Waals surface area (Å²) in [6.07, 6.45) is 5.52. The highest BCUT2D eigenvalue weighted by atomic mass is 32.2. The van der Waals surface area contributed by atoms with Crippen LogP contribution in [0.5, 0.6) is 11.5 Å². The number of amides is 2. The zero-order chi connectivity index (χ0) is 24.5. The Morgan fingerprint density at radius 1 is 1.21 bits per heavy atom. The van der Waals surface area contributed by atoms with Crippen LogP contribution in [-0.4, -0.2) is 72.0 Å². The fourth-order valence-electron chi connectivity index (χ4n) is 3.57. The van der Waals surface area contributed by atoms with E-state index in [0.717, 1.165) is 42.7 Å². The molecule has 184 valence electrons. The quantitative estimate of drug-likeness (QED) is 0.291. The second-order valence-electron chi connectivity index (χ2n) is 7.71. The third kappa shape index (κ3) is 7.18. The first-order chi connectivity index (χ1) is 16.4. The van der Waals surface area contributed by atoms with Gasteiger partial charge in [-0.05, 0) is 68.8 Å². The molecule has 3 rings (SSSR count). The fraction of sp³-hybridized carbons (Fsp3) is 0.478. The van der Waals surface area contributed by atoms with Gasteiger partial charge in [0.25, 0.3) is 5.91 Å². The van der Waals surface area contributed by atoms with Crippen molar-refractivity contribution < 1.29 is 28.6 Å². The van der Waals surface area contributed by atoms with Crippen molar-refractivity contribution in [1.29, 1.82) is 0 Å². The predicted molar refractivity (Wildman–Crippen MR) is 133 cm³/mol. The smallest absolute Gasteiger partial charge is 0.344 e. The second-order valence-corrected chi connectivity index (χ2v) is 9.38. The highest BCUT2D eigenvalue weighted by Crippen LogP contribution is 2.34. The standard InChI is InChI=1S/C23H29N3O6S2/c1-3-31-21(28)15-32-17-8-7-16(13-18(17)30-2)14-19-22(29)26(23(33)34-19)24-20(27)9-12-25-10-5-4-6-11-25/h7-8,13-14H,3-6,9-12,15H2,1-2H3,(H,24,27). The van der Waals surface area contributed by atoms with Crippen molar-refractivity contribution in [2.24, 2.45) is 0 Å². The van der Waals surface area contributed by atoms with Gasteiger partial charge in [0, 0.05) is 13.0 Å². The molecule has 1 aromatic carbocycles. The third-order valence-corrected chi connectivity index (χ3v) is 6.57. The van der Waals surface area contributed by atoms with Gasteiger partial charge in [-0.15, -0.1) is 0 Å². The maximum Gasteiger partial charge on any atom is 0.344 e. The summed E-state index contributed by atoms with van der Waals surface area (Å²) >= 11 is 6.41.